The van der Waals surface area contributed by atoms with E-state index in [9.17, 15) is 13.2 Å². The average Bonchev–Trinajstić information content (AvgIpc) is 3.04. The molecule has 2 N–H and O–H groups in total. The summed E-state index contributed by atoms with van der Waals surface area (Å²) < 4.78 is 40.3. The maximum atomic E-state index is 12.9. The summed E-state index contributed by atoms with van der Waals surface area (Å²) in [7, 11) is 1.86. The number of aromatic nitrogens is 2. The molecule has 0 saturated carbocycles. The first kappa shape index (κ1) is 24.3. The highest BCUT2D eigenvalue weighted by Crippen LogP contribution is 2.31. The molecule has 1 heterocycles. The van der Waals surface area contributed by atoms with Gasteiger partial charge in [-0.25, -0.2) is 4.99 Å². The van der Waals surface area contributed by atoms with E-state index in [4.69, 9.17) is 0 Å². The maximum Gasteiger partial charge on any atom is 0.416 e. The monoisotopic (exact) mass is 509 g/mol. The first-order valence-electron chi connectivity index (χ1n) is 8.97. The van der Waals surface area contributed by atoms with Gasteiger partial charge in [-0.05, 0) is 37.0 Å². The average molecular weight is 509 g/mol. The van der Waals surface area contributed by atoms with E-state index in [0.29, 0.717) is 31.0 Å². The highest BCUT2D eigenvalue weighted by Gasteiger charge is 2.30. The Morgan fingerprint density at radius 2 is 2.00 bits per heavy atom. The predicted molar refractivity (Wildman–Crippen MR) is 116 cm³/mol. The molecule has 1 aromatic carbocycles. The first-order valence-corrected chi connectivity index (χ1v) is 8.97. The van der Waals surface area contributed by atoms with Crippen LogP contribution in [0.3, 0.4) is 0 Å². The fourth-order valence-corrected chi connectivity index (χ4v) is 2.65. The van der Waals surface area contributed by atoms with Crippen LogP contribution in [0.2, 0.25) is 0 Å². The quantitative estimate of drug-likeness (QED) is 0.333. The van der Waals surface area contributed by atoms with Crippen molar-refractivity contribution < 1.29 is 13.2 Å². The molecule has 0 radical (unpaired) electrons. The lowest BCUT2D eigenvalue weighted by Crippen LogP contribution is -2.38. The molecule has 156 valence electrons. The smallest absolute Gasteiger partial charge is 0.357 e. The summed E-state index contributed by atoms with van der Waals surface area (Å²) in [4.78, 5) is 4.52. The number of alkyl halides is 3. The number of nitrogens with zero attached hydrogens (tertiary/aromatic N) is 3. The highest BCUT2D eigenvalue weighted by molar-refractivity contribution is 14.0. The van der Waals surface area contributed by atoms with Crippen LogP contribution in [0.25, 0.3) is 0 Å². The van der Waals surface area contributed by atoms with Crippen LogP contribution in [0.4, 0.5) is 13.2 Å². The fraction of sp³-hybridized carbons (Fsp3) is 0.474. The van der Waals surface area contributed by atoms with Crippen molar-refractivity contribution in [2.24, 2.45) is 12.0 Å². The SMILES string of the molecule is CCNC(=NCc1ccnn1C)NCCC(C)c1cccc(C(F)(F)F)c1.I. The fourth-order valence-electron chi connectivity index (χ4n) is 2.65. The van der Waals surface area contributed by atoms with Crippen LogP contribution in [-0.4, -0.2) is 28.8 Å². The zero-order valence-electron chi connectivity index (χ0n) is 16.3. The van der Waals surface area contributed by atoms with Crippen LogP contribution in [0, 0.1) is 0 Å². The molecule has 0 fully saturated rings. The van der Waals surface area contributed by atoms with Crippen molar-refractivity contribution >= 4 is 29.9 Å². The minimum atomic E-state index is -4.31. The summed E-state index contributed by atoms with van der Waals surface area (Å²) >= 11 is 0. The Bertz CT molecular complexity index is 758. The van der Waals surface area contributed by atoms with Gasteiger partial charge in [-0.15, -0.1) is 24.0 Å². The third kappa shape index (κ3) is 7.33. The molecule has 5 nitrogen and oxygen atoms in total. The van der Waals surface area contributed by atoms with E-state index in [1.165, 1.54) is 12.1 Å². The van der Waals surface area contributed by atoms with Gasteiger partial charge < -0.3 is 10.6 Å². The second-order valence-corrected chi connectivity index (χ2v) is 6.38. The summed E-state index contributed by atoms with van der Waals surface area (Å²) in [6, 6.07) is 7.43. The van der Waals surface area contributed by atoms with Crippen molar-refractivity contribution in [2.45, 2.75) is 38.9 Å². The summed E-state index contributed by atoms with van der Waals surface area (Å²) in [6.07, 6.45) is -1.90. The molecule has 1 aromatic heterocycles. The maximum absolute atomic E-state index is 12.9. The van der Waals surface area contributed by atoms with Gasteiger partial charge in [0.05, 0.1) is 17.8 Å². The van der Waals surface area contributed by atoms with Gasteiger partial charge in [0.25, 0.3) is 0 Å². The highest BCUT2D eigenvalue weighted by atomic mass is 127. The van der Waals surface area contributed by atoms with Gasteiger partial charge in [0.1, 0.15) is 0 Å². The minimum Gasteiger partial charge on any atom is -0.357 e. The van der Waals surface area contributed by atoms with Crippen LogP contribution in [0.5, 0.6) is 0 Å². The van der Waals surface area contributed by atoms with Gasteiger partial charge in [0.2, 0.25) is 0 Å². The summed E-state index contributed by atoms with van der Waals surface area (Å²) in [5, 5.41) is 10.5. The lowest BCUT2D eigenvalue weighted by Gasteiger charge is -2.16. The molecule has 0 aliphatic carbocycles. The Morgan fingerprint density at radius 1 is 1.25 bits per heavy atom. The molecular formula is C19H27F3IN5. The number of aliphatic imine (C=N–C) groups is 1. The Kier molecular flexibility index (Phi) is 9.77. The number of nitrogens with one attached hydrogen (secondary N) is 2. The van der Waals surface area contributed by atoms with E-state index in [1.807, 2.05) is 27.0 Å². The number of rotatable bonds is 7. The van der Waals surface area contributed by atoms with Crippen LogP contribution < -0.4 is 10.6 Å². The van der Waals surface area contributed by atoms with Crippen LogP contribution in [0.15, 0.2) is 41.5 Å². The van der Waals surface area contributed by atoms with E-state index >= 15 is 0 Å². The molecule has 0 aliphatic rings. The number of guanidine groups is 1. The van der Waals surface area contributed by atoms with Gasteiger partial charge in [-0.3, -0.25) is 4.68 Å². The Labute approximate surface area is 180 Å². The van der Waals surface area contributed by atoms with Crippen molar-refractivity contribution in [1.29, 1.82) is 0 Å². The van der Waals surface area contributed by atoms with Crippen molar-refractivity contribution in [3.05, 3.63) is 53.3 Å². The van der Waals surface area contributed by atoms with Crippen LogP contribution in [0.1, 0.15) is 43.0 Å². The van der Waals surface area contributed by atoms with E-state index in [1.54, 1.807) is 16.9 Å². The zero-order chi connectivity index (χ0) is 19.9. The Hall–Kier alpha value is -1.78. The number of benzene rings is 1. The predicted octanol–water partition coefficient (Wildman–Crippen LogP) is 4.31. The molecule has 0 aliphatic heterocycles. The number of halogens is 4. The minimum absolute atomic E-state index is 0. The molecule has 1 atom stereocenters. The Balaban J connectivity index is 0.00000392. The zero-order valence-corrected chi connectivity index (χ0v) is 18.6. The Morgan fingerprint density at radius 3 is 2.61 bits per heavy atom. The van der Waals surface area contributed by atoms with E-state index in [-0.39, 0.29) is 29.9 Å². The molecule has 9 heteroatoms. The van der Waals surface area contributed by atoms with Gasteiger partial charge in [0.15, 0.2) is 5.96 Å². The second kappa shape index (κ2) is 11.3. The van der Waals surface area contributed by atoms with Crippen molar-refractivity contribution in [1.82, 2.24) is 20.4 Å². The van der Waals surface area contributed by atoms with Crippen molar-refractivity contribution in [2.75, 3.05) is 13.1 Å². The van der Waals surface area contributed by atoms with Crippen LogP contribution in [-0.2, 0) is 19.8 Å². The van der Waals surface area contributed by atoms with E-state index in [2.05, 4.69) is 20.7 Å². The van der Waals surface area contributed by atoms with Gasteiger partial charge in [0, 0.05) is 26.3 Å². The number of aryl methyl sites for hydroxylation is 1. The standard InChI is InChI=1S/C19H26F3N5.HI/c1-4-23-18(25-13-17-9-11-26-27(17)3)24-10-8-14(2)15-6-5-7-16(12-15)19(20,21)22;/h5-7,9,11-12,14H,4,8,10,13H2,1-3H3,(H2,23,24,25);1H. The van der Waals surface area contributed by atoms with Gasteiger partial charge in [-0.2, -0.15) is 18.3 Å². The third-order valence-corrected chi connectivity index (χ3v) is 4.32. The van der Waals surface area contributed by atoms with Crippen molar-refractivity contribution in [3.63, 3.8) is 0 Å². The summed E-state index contributed by atoms with van der Waals surface area (Å²) in [5.74, 6) is 0.676. The van der Waals surface area contributed by atoms with Gasteiger partial charge in [-0.1, -0.05) is 25.1 Å². The molecule has 0 amide bonds. The molecule has 0 saturated heterocycles. The van der Waals surface area contributed by atoms with Crippen molar-refractivity contribution in [3.8, 4) is 0 Å². The lowest BCUT2D eigenvalue weighted by molar-refractivity contribution is -0.137. The molecule has 28 heavy (non-hydrogen) atoms. The second-order valence-electron chi connectivity index (χ2n) is 6.38. The number of hydrogen-bond donors (Lipinski definition) is 2. The summed E-state index contributed by atoms with van der Waals surface area (Å²) in [6.45, 7) is 5.73. The topological polar surface area (TPSA) is 54.2 Å². The van der Waals surface area contributed by atoms with E-state index < -0.39 is 11.7 Å². The van der Waals surface area contributed by atoms with Gasteiger partial charge >= 0.3 is 6.18 Å². The lowest BCUT2D eigenvalue weighted by atomic mass is 9.96. The third-order valence-electron chi connectivity index (χ3n) is 4.32. The largest absolute Gasteiger partial charge is 0.416 e. The molecule has 1 unspecified atom stereocenters. The molecular weight excluding hydrogens is 482 g/mol. The van der Waals surface area contributed by atoms with Crippen LogP contribution >= 0.6 is 24.0 Å². The molecule has 2 rings (SSSR count). The normalized spacial score (nSPS) is 13.0. The molecule has 0 bridgehead atoms. The van der Waals surface area contributed by atoms with E-state index in [0.717, 1.165) is 18.3 Å². The summed E-state index contributed by atoms with van der Waals surface area (Å²) in [5.41, 5.74) is 1.07. The first-order chi connectivity index (χ1) is 12.8. The molecule has 2 aromatic rings. The number of hydrogen-bond acceptors (Lipinski definition) is 2. The molecule has 0 spiro atoms.